The van der Waals surface area contributed by atoms with E-state index < -0.39 is 23.7 Å². The van der Waals surface area contributed by atoms with Gasteiger partial charge in [-0.25, -0.2) is 0 Å². The van der Waals surface area contributed by atoms with Crippen LogP contribution in [0.2, 0.25) is 26.2 Å². The van der Waals surface area contributed by atoms with Crippen molar-refractivity contribution in [2.45, 2.75) is 132 Å². The minimum atomic E-state index is -1.33. The molecule has 2 unspecified atom stereocenters. The molecule has 4 nitrogen and oxygen atoms in total. The van der Waals surface area contributed by atoms with E-state index >= 15 is 0 Å². The second kappa shape index (κ2) is 16.2. The van der Waals surface area contributed by atoms with Crippen molar-refractivity contribution in [3.05, 3.63) is 69.4 Å². The van der Waals surface area contributed by atoms with Crippen LogP contribution in [0.4, 0.5) is 0 Å². The summed E-state index contributed by atoms with van der Waals surface area (Å²) >= 11 is 1.73. The topological polar surface area (TPSA) is 47.9 Å². The molecule has 0 radical (unpaired) electrons. The van der Waals surface area contributed by atoms with Crippen LogP contribution in [0.1, 0.15) is 115 Å². The molecule has 0 saturated carbocycles. The van der Waals surface area contributed by atoms with E-state index in [2.05, 4.69) is 110 Å². The summed E-state index contributed by atoms with van der Waals surface area (Å²) in [6, 6.07) is 8.77. The minimum absolute atomic E-state index is 0.00991. The van der Waals surface area contributed by atoms with Gasteiger partial charge in [-0.3, -0.25) is 0 Å². The fraction of sp³-hybridized carbons (Fsp3) is 0.611. The molecule has 43 heavy (non-hydrogen) atoms. The lowest BCUT2D eigenvalue weighted by Gasteiger charge is -2.39. The molecule has 2 rings (SSSR count). The van der Waals surface area contributed by atoms with E-state index in [4.69, 9.17) is 13.6 Å². The smallest absolute Gasteiger partial charge is 0.171 e. The first-order valence-electron chi connectivity index (χ1n) is 16.2. The quantitative estimate of drug-likeness (QED) is 0.155. The predicted molar refractivity (Wildman–Crippen MR) is 192 cm³/mol. The first-order valence-corrected chi connectivity index (χ1v) is 22.6. The largest absolute Gasteiger partial charge is 0.488 e. The van der Waals surface area contributed by atoms with Gasteiger partial charge in [0.15, 0.2) is 18.1 Å². The Morgan fingerprint density at radius 1 is 0.860 bits per heavy atom. The van der Waals surface area contributed by atoms with E-state index in [0.717, 1.165) is 12.2 Å². The van der Waals surface area contributed by atoms with Crippen molar-refractivity contribution in [3.63, 3.8) is 0 Å². The van der Waals surface area contributed by atoms with Gasteiger partial charge in [0.2, 0.25) is 0 Å². The van der Waals surface area contributed by atoms with Crippen LogP contribution in [0.25, 0.3) is 5.57 Å². The van der Waals surface area contributed by atoms with Crippen LogP contribution >= 0.6 is 11.3 Å². The van der Waals surface area contributed by atoms with Crippen LogP contribution in [-0.4, -0.2) is 28.8 Å². The van der Waals surface area contributed by atoms with E-state index in [-0.39, 0.29) is 23.0 Å². The molecule has 0 bridgehead atoms. The highest BCUT2D eigenvalue weighted by Crippen LogP contribution is 2.46. The second-order valence-electron chi connectivity index (χ2n) is 14.5. The maximum atomic E-state index is 10.6. The van der Waals surface area contributed by atoms with E-state index in [1.54, 1.807) is 11.3 Å². The third-order valence-electron chi connectivity index (χ3n) is 7.73. The van der Waals surface area contributed by atoms with Crippen molar-refractivity contribution in [1.82, 2.24) is 0 Å². The summed E-state index contributed by atoms with van der Waals surface area (Å²) in [5, 5.41) is 12.8. The molecule has 2 aromatic rings. The van der Waals surface area contributed by atoms with Gasteiger partial charge >= 0.3 is 0 Å². The highest BCUT2D eigenvalue weighted by molar-refractivity contribution is 7.10. The number of allylic oxidation sites excluding steroid dienone is 3. The summed E-state index contributed by atoms with van der Waals surface area (Å²) in [6.45, 7) is 29.3. The van der Waals surface area contributed by atoms with Crippen molar-refractivity contribution >= 4 is 35.0 Å². The first kappa shape index (κ1) is 37.7. The van der Waals surface area contributed by atoms with Gasteiger partial charge in [-0.2, -0.15) is 0 Å². The van der Waals surface area contributed by atoms with E-state index in [1.165, 1.54) is 27.1 Å². The van der Waals surface area contributed by atoms with Crippen LogP contribution in [0.15, 0.2) is 47.9 Å². The molecule has 7 heteroatoms. The molecule has 0 fully saturated rings. The summed E-state index contributed by atoms with van der Waals surface area (Å²) < 4.78 is 19.9. The van der Waals surface area contributed by atoms with Gasteiger partial charge in [0, 0.05) is 4.88 Å². The van der Waals surface area contributed by atoms with Crippen molar-refractivity contribution in [1.29, 1.82) is 0 Å². The Balaban J connectivity index is 2.42. The van der Waals surface area contributed by atoms with E-state index in [9.17, 15) is 5.11 Å². The SMILES string of the molecule is CC/C(=C\C=C\C(O)(CC)CC)c1csc(COc2ccc(C(O[SiH](C)C)C(C)(C)C)c(C(O[SiH](C)C)C(C)(C)C)c2)c1. The highest BCUT2D eigenvalue weighted by atomic mass is 32.1. The molecule has 0 aliphatic heterocycles. The zero-order valence-corrected chi connectivity index (χ0v) is 32.5. The Hall–Kier alpha value is -1.49. The van der Waals surface area contributed by atoms with Crippen molar-refractivity contribution in [2.24, 2.45) is 10.8 Å². The molecule has 0 spiro atoms. The molecule has 0 aliphatic carbocycles. The van der Waals surface area contributed by atoms with Crippen molar-refractivity contribution in [2.75, 3.05) is 0 Å². The van der Waals surface area contributed by atoms with Crippen molar-refractivity contribution in [3.8, 4) is 5.75 Å². The molecule has 1 N–H and O–H groups in total. The number of rotatable bonds is 15. The van der Waals surface area contributed by atoms with E-state index in [0.29, 0.717) is 19.4 Å². The number of ether oxygens (including phenoxy) is 1. The van der Waals surface area contributed by atoms with Crippen LogP contribution in [0, 0.1) is 10.8 Å². The Morgan fingerprint density at radius 2 is 1.42 bits per heavy atom. The van der Waals surface area contributed by atoms with Gasteiger partial charge in [0.05, 0.1) is 17.8 Å². The maximum absolute atomic E-state index is 10.6. The number of aliphatic hydroxyl groups is 1. The lowest BCUT2D eigenvalue weighted by atomic mass is 9.77. The van der Waals surface area contributed by atoms with Crippen LogP contribution < -0.4 is 4.74 Å². The first-order chi connectivity index (χ1) is 19.9. The monoisotopic (exact) mass is 644 g/mol. The summed E-state index contributed by atoms with van der Waals surface area (Å²) in [5.41, 5.74) is 4.02. The molecule has 0 saturated heterocycles. The predicted octanol–water partition coefficient (Wildman–Crippen LogP) is 10.4. The van der Waals surface area contributed by atoms with Crippen LogP contribution in [0.5, 0.6) is 5.75 Å². The van der Waals surface area contributed by atoms with Gasteiger partial charge in [-0.1, -0.05) is 86.6 Å². The molecular weight excluding hydrogens is 585 g/mol. The lowest BCUT2D eigenvalue weighted by molar-refractivity contribution is 0.0653. The van der Waals surface area contributed by atoms with Gasteiger partial charge < -0.3 is 18.7 Å². The number of hydrogen-bond donors (Lipinski definition) is 1. The van der Waals surface area contributed by atoms with Gasteiger partial charge in [-0.15, -0.1) is 11.3 Å². The fourth-order valence-electron chi connectivity index (χ4n) is 5.17. The number of thiophene rings is 1. The Kier molecular flexibility index (Phi) is 14.2. The third-order valence-corrected chi connectivity index (χ3v) is 10.3. The highest BCUT2D eigenvalue weighted by Gasteiger charge is 2.36. The zero-order valence-electron chi connectivity index (χ0n) is 29.3. The Bertz CT molecular complexity index is 1200. The van der Waals surface area contributed by atoms with Gasteiger partial charge in [0.25, 0.3) is 0 Å². The van der Waals surface area contributed by atoms with Gasteiger partial charge in [-0.05, 0) is 102 Å². The Labute approximate surface area is 271 Å². The molecule has 0 amide bonds. The van der Waals surface area contributed by atoms with Crippen LogP contribution in [-0.2, 0) is 15.5 Å². The zero-order chi connectivity index (χ0) is 32.6. The number of hydrogen-bond acceptors (Lipinski definition) is 5. The molecule has 0 aliphatic rings. The molecular formula is C36H60O4SSi2. The summed E-state index contributed by atoms with van der Waals surface area (Å²) in [4.78, 5) is 1.18. The lowest BCUT2D eigenvalue weighted by Crippen LogP contribution is -2.31. The average molecular weight is 645 g/mol. The molecule has 2 atom stereocenters. The summed E-state index contributed by atoms with van der Waals surface area (Å²) in [7, 11) is -2.63. The molecule has 1 aromatic heterocycles. The second-order valence-corrected chi connectivity index (χ2v) is 20.2. The number of benzene rings is 1. The van der Waals surface area contributed by atoms with Crippen LogP contribution in [0.3, 0.4) is 0 Å². The maximum Gasteiger partial charge on any atom is 0.171 e. The van der Waals surface area contributed by atoms with E-state index in [1.807, 2.05) is 26.0 Å². The molecule has 1 aromatic carbocycles. The summed E-state index contributed by atoms with van der Waals surface area (Å²) in [5.74, 6) is 0.860. The summed E-state index contributed by atoms with van der Waals surface area (Å²) in [6.07, 6.45) is 8.36. The third kappa shape index (κ3) is 11.4. The van der Waals surface area contributed by atoms with Gasteiger partial charge in [0.1, 0.15) is 12.4 Å². The minimum Gasteiger partial charge on any atom is -0.488 e. The Morgan fingerprint density at radius 3 is 1.91 bits per heavy atom. The normalized spacial score (nSPS) is 15.1. The fourth-order valence-corrected chi connectivity index (χ4v) is 8.19. The molecule has 1 heterocycles. The molecule has 242 valence electrons. The average Bonchev–Trinajstić information content (AvgIpc) is 3.39. The van der Waals surface area contributed by atoms with Crippen molar-refractivity contribution < 1.29 is 18.7 Å². The standard InChI is InChI=1S/C36H60O4SSi2/c1-14-26(18-17-21-36(37,15-2)16-3)27-22-29(41-25-27)24-38-28-19-20-30(32(34(4,5)6)39-42(10)11)31(23-28)33(35(7,8)9)40-43(12)13/h17-23,25,32-33,37,42-43H,14-16,24H2,1-13H3/b21-17+,26-18+.